The lowest BCUT2D eigenvalue weighted by atomic mass is 9.94. The monoisotopic (exact) mass is 433 g/mol. The second-order valence-corrected chi connectivity index (χ2v) is 6.57. The first-order valence-corrected chi connectivity index (χ1v) is 9.16. The predicted molar refractivity (Wildman–Crippen MR) is 113 cm³/mol. The summed E-state index contributed by atoms with van der Waals surface area (Å²) >= 11 is 0. The highest BCUT2D eigenvalue weighted by atomic mass is 19.1. The van der Waals surface area contributed by atoms with Crippen molar-refractivity contribution in [3.8, 4) is 0 Å². The highest BCUT2D eigenvalue weighted by Gasteiger charge is 2.29. The van der Waals surface area contributed by atoms with E-state index in [-0.39, 0.29) is 22.4 Å². The molecule has 0 saturated heterocycles. The number of benzene rings is 2. The topological polar surface area (TPSA) is 139 Å². The number of aromatic nitrogens is 1. The van der Waals surface area contributed by atoms with Gasteiger partial charge in [-0.25, -0.2) is 9.18 Å². The van der Waals surface area contributed by atoms with Crippen LogP contribution in [0, 0.1) is 5.82 Å². The fourth-order valence-corrected chi connectivity index (χ4v) is 2.81. The standard InChI is InChI=1S/C17H10FNO4.C6H6N2O/c18-11-3-1-2-9(6-11)7-13-15(20)12-8-10(17(22)23)4-5-14(12)19-16(13)21;7-6(9)5-2-1-3-8-4-5/h1-8H,(H,19,21)(H,22,23);1-4H,(H2,7,9)/b13-7-;. The fourth-order valence-electron chi connectivity index (χ4n) is 2.81. The van der Waals surface area contributed by atoms with Crippen molar-refractivity contribution in [2.45, 2.75) is 0 Å². The summed E-state index contributed by atoms with van der Waals surface area (Å²) in [6, 6.07) is 12.6. The summed E-state index contributed by atoms with van der Waals surface area (Å²) in [6.45, 7) is 0. The molecule has 4 rings (SSSR count). The Morgan fingerprint density at radius 1 is 1.03 bits per heavy atom. The number of amides is 2. The normalized spacial score (nSPS) is 13.5. The Hall–Kier alpha value is -4.66. The maximum atomic E-state index is 13.2. The van der Waals surface area contributed by atoms with E-state index in [1.165, 1.54) is 48.7 Å². The Morgan fingerprint density at radius 2 is 1.81 bits per heavy atom. The molecule has 0 bridgehead atoms. The van der Waals surface area contributed by atoms with Gasteiger partial charge in [0.1, 0.15) is 5.82 Å². The number of Topliss-reactive ketones (excluding diaryl/α,β-unsaturated/α-hetero) is 1. The van der Waals surface area contributed by atoms with Crippen LogP contribution in [0.25, 0.3) is 6.08 Å². The van der Waals surface area contributed by atoms with Crippen LogP contribution in [0.2, 0.25) is 0 Å². The van der Waals surface area contributed by atoms with Crippen LogP contribution in [-0.2, 0) is 4.79 Å². The SMILES string of the molecule is NC(=O)c1cccnc1.O=C1Nc2ccc(C(=O)O)cc2C(=O)/C1=C/c1cccc(F)c1. The van der Waals surface area contributed by atoms with E-state index in [0.29, 0.717) is 11.1 Å². The summed E-state index contributed by atoms with van der Waals surface area (Å²) in [7, 11) is 0. The first kappa shape index (κ1) is 22.0. The van der Waals surface area contributed by atoms with Gasteiger partial charge in [0.05, 0.1) is 22.4 Å². The van der Waals surface area contributed by atoms with Gasteiger partial charge in [0, 0.05) is 18.0 Å². The number of primary amides is 1. The number of carbonyl (C=O) groups excluding carboxylic acids is 3. The van der Waals surface area contributed by atoms with E-state index in [9.17, 15) is 23.6 Å². The minimum atomic E-state index is -1.17. The summed E-state index contributed by atoms with van der Waals surface area (Å²) in [4.78, 5) is 49.6. The fraction of sp³-hybridized carbons (Fsp3) is 0. The Labute approximate surface area is 181 Å². The van der Waals surface area contributed by atoms with E-state index in [4.69, 9.17) is 10.8 Å². The van der Waals surface area contributed by atoms with Gasteiger partial charge in [-0.15, -0.1) is 0 Å². The zero-order chi connectivity index (χ0) is 23.3. The van der Waals surface area contributed by atoms with E-state index in [0.717, 1.165) is 0 Å². The first-order chi connectivity index (χ1) is 15.3. The van der Waals surface area contributed by atoms with Crippen molar-refractivity contribution in [1.29, 1.82) is 0 Å². The number of aromatic carboxylic acids is 1. The second kappa shape index (κ2) is 9.43. The molecule has 2 amide bonds. The van der Waals surface area contributed by atoms with Crippen molar-refractivity contribution in [2.24, 2.45) is 5.73 Å². The van der Waals surface area contributed by atoms with Crippen LogP contribution in [0.5, 0.6) is 0 Å². The molecule has 9 heteroatoms. The Balaban J connectivity index is 0.000000269. The Bertz CT molecular complexity index is 1260. The number of fused-ring (bicyclic) bond motifs is 1. The number of nitrogens with two attached hydrogens (primary N) is 1. The smallest absolute Gasteiger partial charge is 0.335 e. The molecule has 1 aliphatic heterocycles. The van der Waals surface area contributed by atoms with E-state index in [1.54, 1.807) is 24.4 Å². The number of carboxylic acid groups (broad SMARTS) is 1. The van der Waals surface area contributed by atoms with Crippen LogP contribution in [0.3, 0.4) is 0 Å². The van der Waals surface area contributed by atoms with Crippen LogP contribution in [0.4, 0.5) is 10.1 Å². The van der Waals surface area contributed by atoms with E-state index >= 15 is 0 Å². The van der Waals surface area contributed by atoms with Crippen molar-refractivity contribution in [2.75, 3.05) is 5.32 Å². The molecule has 1 aliphatic rings. The molecule has 0 fully saturated rings. The quantitative estimate of drug-likeness (QED) is 0.429. The van der Waals surface area contributed by atoms with Crippen molar-refractivity contribution >= 4 is 35.3 Å². The van der Waals surface area contributed by atoms with E-state index in [2.05, 4.69) is 10.3 Å². The third-order valence-corrected chi connectivity index (χ3v) is 4.35. The largest absolute Gasteiger partial charge is 0.478 e. The number of carbonyl (C=O) groups is 4. The molecular formula is C23H16FN3O5. The zero-order valence-electron chi connectivity index (χ0n) is 16.4. The number of rotatable bonds is 3. The number of nitrogens with one attached hydrogen (secondary N) is 1. The van der Waals surface area contributed by atoms with E-state index in [1.807, 2.05) is 0 Å². The molecule has 8 nitrogen and oxygen atoms in total. The van der Waals surface area contributed by atoms with Gasteiger partial charge in [0.15, 0.2) is 0 Å². The number of halogens is 1. The summed E-state index contributed by atoms with van der Waals surface area (Å²) in [5.41, 5.74) is 5.85. The summed E-state index contributed by atoms with van der Waals surface area (Å²) in [5, 5.41) is 11.5. The van der Waals surface area contributed by atoms with Gasteiger partial charge in [-0.05, 0) is 54.1 Å². The molecule has 4 N–H and O–H groups in total. The maximum absolute atomic E-state index is 13.2. The molecule has 32 heavy (non-hydrogen) atoms. The Kier molecular flexibility index (Phi) is 6.50. The highest BCUT2D eigenvalue weighted by molar-refractivity contribution is 6.36. The summed E-state index contributed by atoms with van der Waals surface area (Å²) < 4.78 is 13.2. The predicted octanol–water partition coefficient (Wildman–Crippen LogP) is 2.92. The van der Waals surface area contributed by atoms with Gasteiger partial charge in [-0.1, -0.05) is 12.1 Å². The average molecular weight is 433 g/mol. The lowest BCUT2D eigenvalue weighted by molar-refractivity contribution is -0.112. The Morgan fingerprint density at radius 3 is 2.41 bits per heavy atom. The van der Waals surface area contributed by atoms with Gasteiger partial charge in [0.2, 0.25) is 11.7 Å². The number of nitrogens with zero attached hydrogens (tertiary/aromatic N) is 1. The minimum absolute atomic E-state index is 0.0571. The van der Waals surface area contributed by atoms with Gasteiger partial charge in [0.25, 0.3) is 5.91 Å². The summed E-state index contributed by atoms with van der Waals surface area (Å²) in [5.74, 6) is -3.32. The molecule has 2 aromatic carbocycles. The molecule has 3 aromatic rings. The highest BCUT2D eigenvalue weighted by Crippen LogP contribution is 2.27. The second-order valence-electron chi connectivity index (χ2n) is 6.57. The molecule has 1 aromatic heterocycles. The van der Waals surface area contributed by atoms with Crippen LogP contribution in [0.1, 0.15) is 36.6 Å². The molecule has 0 saturated carbocycles. The maximum Gasteiger partial charge on any atom is 0.335 e. The van der Waals surface area contributed by atoms with Crippen molar-refractivity contribution in [3.05, 3.63) is 101 Å². The number of ketones is 1. The molecular weight excluding hydrogens is 417 g/mol. The number of hydrogen-bond acceptors (Lipinski definition) is 5. The van der Waals surface area contributed by atoms with Gasteiger partial charge < -0.3 is 16.2 Å². The number of hydrogen-bond donors (Lipinski definition) is 3. The minimum Gasteiger partial charge on any atom is -0.478 e. The molecule has 2 heterocycles. The molecule has 0 atom stereocenters. The van der Waals surface area contributed by atoms with Gasteiger partial charge >= 0.3 is 5.97 Å². The third kappa shape index (κ3) is 5.08. The number of anilines is 1. The van der Waals surface area contributed by atoms with Crippen LogP contribution < -0.4 is 11.1 Å². The van der Waals surface area contributed by atoms with Crippen LogP contribution >= 0.6 is 0 Å². The molecule has 0 aliphatic carbocycles. The molecule has 0 spiro atoms. The van der Waals surface area contributed by atoms with Gasteiger partial charge in [-0.3, -0.25) is 19.4 Å². The first-order valence-electron chi connectivity index (χ1n) is 9.16. The van der Waals surface area contributed by atoms with Crippen LogP contribution in [0.15, 0.2) is 72.6 Å². The third-order valence-electron chi connectivity index (χ3n) is 4.35. The van der Waals surface area contributed by atoms with Crippen molar-refractivity contribution in [1.82, 2.24) is 4.98 Å². The molecule has 0 unspecified atom stereocenters. The molecule has 160 valence electrons. The average Bonchev–Trinajstić information content (AvgIpc) is 2.77. The summed E-state index contributed by atoms with van der Waals surface area (Å²) in [6.07, 6.45) is 4.30. The molecule has 0 radical (unpaired) electrons. The van der Waals surface area contributed by atoms with E-state index < -0.39 is 29.4 Å². The number of carboxylic acids is 1. The van der Waals surface area contributed by atoms with Crippen molar-refractivity contribution < 1.29 is 28.7 Å². The lowest BCUT2D eigenvalue weighted by Gasteiger charge is -2.18. The van der Waals surface area contributed by atoms with Crippen LogP contribution in [-0.4, -0.2) is 33.7 Å². The zero-order valence-corrected chi connectivity index (χ0v) is 16.4. The van der Waals surface area contributed by atoms with Gasteiger partial charge in [-0.2, -0.15) is 0 Å². The van der Waals surface area contributed by atoms with Crippen molar-refractivity contribution in [3.63, 3.8) is 0 Å². The number of pyridine rings is 1. The lowest BCUT2D eigenvalue weighted by Crippen LogP contribution is -2.27.